The largest absolute Gasteiger partial charge is 0.385 e. The highest BCUT2D eigenvalue weighted by atomic mass is 32.2. The average molecular weight is 306 g/mol. The second-order valence-electron chi connectivity index (χ2n) is 4.92. The summed E-state index contributed by atoms with van der Waals surface area (Å²) in [5, 5.41) is 3.20. The van der Waals surface area contributed by atoms with Gasteiger partial charge in [0.2, 0.25) is 0 Å². The number of halogens is 1. The highest BCUT2D eigenvalue weighted by Gasteiger charge is 2.22. The van der Waals surface area contributed by atoms with E-state index < -0.39 is 15.8 Å². The molecule has 1 heterocycles. The van der Waals surface area contributed by atoms with Crippen LogP contribution in [0.5, 0.6) is 0 Å². The van der Waals surface area contributed by atoms with Gasteiger partial charge in [-0.05, 0) is 54.8 Å². The van der Waals surface area contributed by atoms with Gasteiger partial charge in [-0.15, -0.1) is 0 Å². The highest BCUT2D eigenvalue weighted by Crippen LogP contribution is 2.29. The maximum absolute atomic E-state index is 12.9. The Labute approximate surface area is 123 Å². The Morgan fingerprint density at radius 1 is 1.10 bits per heavy atom. The van der Waals surface area contributed by atoms with Gasteiger partial charge in [-0.1, -0.05) is 6.07 Å². The van der Waals surface area contributed by atoms with Crippen molar-refractivity contribution >= 4 is 21.4 Å². The van der Waals surface area contributed by atoms with E-state index >= 15 is 0 Å². The molecule has 0 amide bonds. The van der Waals surface area contributed by atoms with Gasteiger partial charge in [0.05, 0.1) is 4.90 Å². The molecule has 1 aliphatic heterocycles. The van der Waals surface area contributed by atoms with Crippen LogP contribution in [-0.4, -0.2) is 15.0 Å². The lowest BCUT2D eigenvalue weighted by molar-refractivity contribution is 0.599. The third-order valence-corrected chi connectivity index (χ3v) is 4.90. The fraction of sp³-hybridized carbons (Fsp3) is 0.200. The molecular weight excluding hydrogens is 291 g/mol. The van der Waals surface area contributed by atoms with E-state index in [4.69, 9.17) is 0 Å². The van der Waals surface area contributed by atoms with Crippen molar-refractivity contribution in [3.63, 3.8) is 0 Å². The Morgan fingerprint density at radius 2 is 1.86 bits per heavy atom. The van der Waals surface area contributed by atoms with Crippen LogP contribution >= 0.6 is 0 Å². The molecule has 0 unspecified atom stereocenters. The third kappa shape index (κ3) is 2.85. The van der Waals surface area contributed by atoms with E-state index in [1.54, 1.807) is 12.1 Å². The van der Waals surface area contributed by atoms with E-state index in [-0.39, 0.29) is 4.90 Å². The maximum atomic E-state index is 12.9. The lowest BCUT2D eigenvalue weighted by atomic mass is 10.0. The molecule has 0 saturated heterocycles. The molecule has 0 atom stereocenters. The fourth-order valence-electron chi connectivity index (χ4n) is 2.46. The highest BCUT2D eigenvalue weighted by molar-refractivity contribution is 7.92. The Hall–Kier alpha value is -2.08. The van der Waals surface area contributed by atoms with Crippen molar-refractivity contribution in [2.45, 2.75) is 17.7 Å². The summed E-state index contributed by atoms with van der Waals surface area (Å²) in [6.07, 6.45) is 1.62. The first-order valence-corrected chi connectivity index (χ1v) is 8.19. The fourth-order valence-corrected chi connectivity index (χ4v) is 3.81. The van der Waals surface area contributed by atoms with E-state index in [9.17, 15) is 12.8 Å². The van der Waals surface area contributed by atoms with Crippen molar-refractivity contribution in [3.8, 4) is 0 Å². The van der Waals surface area contributed by atoms with Gasteiger partial charge in [-0.25, -0.2) is 12.8 Å². The summed E-state index contributed by atoms with van der Waals surface area (Å²) in [6.45, 7) is 0.849. The predicted octanol–water partition coefficient (Wildman–Crippen LogP) is 2.98. The minimum atomic E-state index is -3.68. The Kier molecular flexibility index (Phi) is 3.55. The Balaban J connectivity index is 1.97. The Morgan fingerprint density at radius 3 is 2.62 bits per heavy atom. The van der Waals surface area contributed by atoms with Crippen LogP contribution < -0.4 is 10.0 Å². The predicted molar refractivity (Wildman–Crippen MR) is 80.5 cm³/mol. The van der Waals surface area contributed by atoms with E-state index in [0.29, 0.717) is 5.69 Å². The zero-order valence-electron chi connectivity index (χ0n) is 11.3. The minimum absolute atomic E-state index is 0.275. The van der Waals surface area contributed by atoms with Crippen molar-refractivity contribution < 1.29 is 12.8 Å². The van der Waals surface area contributed by atoms with Crippen LogP contribution in [-0.2, 0) is 16.4 Å². The lowest BCUT2D eigenvalue weighted by Crippen LogP contribution is -2.19. The molecule has 1 aliphatic rings. The minimum Gasteiger partial charge on any atom is -0.385 e. The summed E-state index contributed by atoms with van der Waals surface area (Å²) >= 11 is 0. The molecule has 21 heavy (non-hydrogen) atoms. The summed E-state index contributed by atoms with van der Waals surface area (Å²) in [5.41, 5.74) is 2.01. The standard InChI is InChI=1S/C15H15FN2O2S/c16-11-6-8-12(9-7-11)18-21(19,20)15-5-1-4-14-13(15)3-2-10-17-14/h1,4-9,17-18H,2-3,10H2. The van der Waals surface area contributed by atoms with E-state index in [1.807, 2.05) is 6.07 Å². The number of hydrogen-bond acceptors (Lipinski definition) is 3. The van der Waals surface area contributed by atoms with Gasteiger partial charge in [0.1, 0.15) is 5.82 Å². The van der Waals surface area contributed by atoms with Gasteiger partial charge < -0.3 is 5.32 Å². The summed E-state index contributed by atoms with van der Waals surface area (Å²) in [7, 11) is -3.68. The van der Waals surface area contributed by atoms with Gasteiger partial charge in [0.15, 0.2) is 0 Å². The normalized spacial score (nSPS) is 14.1. The van der Waals surface area contributed by atoms with Crippen LogP contribution in [0.2, 0.25) is 0 Å². The summed E-state index contributed by atoms with van der Waals surface area (Å²) in [6, 6.07) is 10.4. The molecule has 3 rings (SSSR count). The van der Waals surface area contributed by atoms with Gasteiger partial charge in [0.25, 0.3) is 10.0 Å². The van der Waals surface area contributed by atoms with Crippen LogP contribution in [0.4, 0.5) is 15.8 Å². The number of nitrogens with one attached hydrogen (secondary N) is 2. The second kappa shape index (κ2) is 5.37. The molecule has 0 spiro atoms. The number of anilines is 2. The van der Waals surface area contributed by atoms with Crippen molar-refractivity contribution in [1.82, 2.24) is 0 Å². The molecule has 0 bridgehead atoms. The van der Waals surface area contributed by atoms with Gasteiger partial charge >= 0.3 is 0 Å². The molecule has 2 aromatic carbocycles. The molecule has 110 valence electrons. The zero-order valence-corrected chi connectivity index (χ0v) is 12.1. The molecule has 2 aromatic rings. The molecule has 0 aliphatic carbocycles. The molecule has 2 N–H and O–H groups in total. The first kappa shape index (κ1) is 13.9. The van der Waals surface area contributed by atoms with Crippen molar-refractivity contribution in [2.24, 2.45) is 0 Å². The zero-order chi connectivity index (χ0) is 14.9. The molecule has 6 heteroatoms. The van der Waals surface area contributed by atoms with Gasteiger partial charge in [0, 0.05) is 17.9 Å². The summed E-state index contributed by atoms with van der Waals surface area (Å²) in [4.78, 5) is 0.275. The number of hydrogen-bond donors (Lipinski definition) is 2. The monoisotopic (exact) mass is 306 g/mol. The SMILES string of the molecule is O=S(=O)(Nc1ccc(F)cc1)c1cccc2c1CCCN2. The van der Waals surface area contributed by atoms with E-state index in [1.165, 1.54) is 24.3 Å². The van der Waals surface area contributed by atoms with Crippen LogP contribution in [0, 0.1) is 5.82 Å². The van der Waals surface area contributed by atoms with Crippen molar-refractivity contribution in [2.75, 3.05) is 16.6 Å². The first-order chi connectivity index (χ1) is 10.1. The van der Waals surface area contributed by atoms with E-state index in [0.717, 1.165) is 30.6 Å². The third-order valence-electron chi connectivity index (χ3n) is 3.44. The quantitative estimate of drug-likeness (QED) is 0.916. The van der Waals surface area contributed by atoms with Gasteiger partial charge in [-0.2, -0.15) is 0 Å². The molecule has 0 fully saturated rings. The second-order valence-corrected chi connectivity index (χ2v) is 6.58. The van der Waals surface area contributed by atoms with Crippen molar-refractivity contribution in [3.05, 3.63) is 53.8 Å². The molecule has 0 saturated carbocycles. The van der Waals surface area contributed by atoms with Gasteiger partial charge in [-0.3, -0.25) is 4.72 Å². The number of fused-ring (bicyclic) bond motifs is 1. The van der Waals surface area contributed by atoms with Crippen LogP contribution in [0.1, 0.15) is 12.0 Å². The molecule has 0 radical (unpaired) electrons. The number of benzene rings is 2. The first-order valence-electron chi connectivity index (χ1n) is 6.70. The average Bonchev–Trinajstić information content (AvgIpc) is 2.49. The van der Waals surface area contributed by atoms with Crippen LogP contribution in [0.15, 0.2) is 47.4 Å². The number of rotatable bonds is 3. The number of sulfonamides is 1. The Bertz CT molecular complexity index is 758. The lowest BCUT2D eigenvalue weighted by Gasteiger charge is -2.21. The van der Waals surface area contributed by atoms with Crippen LogP contribution in [0.3, 0.4) is 0 Å². The smallest absolute Gasteiger partial charge is 0.262 e. The topological polar surface area (TPSA) is 58.2 Å². The maximum Gasteiger partial charge on any atom is 0.262 e. The van der Waals surface area contributed by atoms with E-state index in [2.05, 4.69) is 10.0 Å². The molecule has 0 aromatic heterocycles. The molecule has 4 nitrogen and oxygen atoms in total. The molecular formula is C15H15FN2O2S. The van der Waals surface area contributed by atoms with Crippen molar-refractivity contribution in [1.29, 1.82) is 0 Å². The summed E-state index contributed by atoms with van der Waals surface area (Å²) < 4.78 is 40.4. The van der Waals surface area contributed by atoms with Crippen LogP contribution in [0.25, 0.3) is 0 Å². The summed E-state index contributed by atoms with van der Waals surface area (Å²) in [5.74, 6) is -0.403.